The summed E-state index contributed by atoms with van der Waals surface area (Å²) in [5.74, 6) is -0.473. The van der Waals surface area contributed by atoms with Crippen LogP contribution in [0.25, 0.3) is 0 Å². The lowest BCUT2D eigenvalue weighted by molar-refractivity contribution is -0.137. The number of carbonyl (C=O) groups excluding carboxylic acids is 1. The van der Waals surface area contributed by atoms with Gasteiger partial charge in [-0.25, -0.2) is 0 Å². The number of rotatable bonds is 4. The minimum absolute atomic E-state index is 0.00907. The predicted octanol–water partition coefficient (Wildman–Crippen LogP) is 3.33. The zero-order chi connectivity index (χ0) is 16.3. The van der Waals surface area contributed by atoms with E-state index >= 15 is 0 Å². The monoisotopic (exact) mass is 300 g/mol. The average molecular weight is 300 g/mol. The summed E-state index contributed by atoms with van der Waals surface area (Å²) < 4.78 is 43.5. The molecule has 1 aromatic carbocycles. The quantitative estimate of drug-likeness (QED) is 0.927. The van der Waals surface area contributed by atoms with E-state index in [4.69, 9.17) is 10.00 Å². The fourth-order valence-corrected chi connectivity index (χ4v) is 1.62. The first-order chi connectivity index (χ1) is 9.59. The number of benzene rings is 1. The van der Waals surface area contributed by atoms with Gasteiger partial charge in [0.15, 0.2) is 0 Å². The van der Waals surface area contributed by atoms with Crippen molar-refractivity contribution in [2.75, 3.05) is 12.4 Å². The topological polar surface area (TPSA) is 62.1 Å². The van der Waals surface area contributed by atoms with Crippen LogP contribution in [0, 0.1) is 11.3 Å². The number of anilines is 1. The lowest BCUT2D eigenvalue weighted by atomic mass is 10.0. The number of nitrogens with zero attached hydrogens (tertiary/aromatic N) is 1. The summed E-state index contributed by atoms with van der Waals surface area (Å²) in [6, 6.07) is 4.51. The van der Waals surface area contributed by atoms with Gasteiger partial charge in [0, 0.05) is 12.8 Å². The van der Waals surface area contributed by atoms with E-state index in [1.807, 2.05) is 0 Å². The van der Waals surface area contributed by atoms with Crippen LogP contribution in [0.2, 0.25) is 0 Å². The highest BCUT2D eigenvalue weighted by atomic mass is 19.4. The third-order valence-electron chi connectivity index (χ3n) is 2.87. The smallest absolute Gasteiger partial charge is 0.378 e. The molecule has 0 unspecified atom stereocenters. The summed E-state index contributed by atoms with van der Waals surface area (Å²) >= 11 is 0. The molecule has 21 heavy (non-hydrogen) atoms. The first-order valence-corrected chi connectivity index (χ1v) is 6.05. The maximum atomic E-state index is 12.8. The summed E-state index contributed by atoms with van der Waals surface area (Å²) in [4.78, 5) is 11.8. The van der Waals surface area contributed by atoms with Crippen molar-refractivity contribution >= 4 is 11.6 Å². The Morgan fingerprint density at radius 1 is 1.38 bits per heavy atom. The van der Waals surface area contributed by atoms with Gasteiger partial charge in [0.25, 0.3) is 0 Å². The van der Waals surface area contributed by atoms with E-state index in [1.54, 1.807) is 13.8 Å². The van der Waals surface area contributed by atoms with E-state index in [-0.39, 0.29) is 12.1 Å². The van der Waals surface area contributed by atoms with Gasteiger partial charge in [-0.15, -0.1) is 0 Å². The summed E-state index contributed by atoms with van der Waals surface area (Å²) in [6.45, 7) is 3.37. The first-order valence-electron chi connectivity index (χ1n) is 6.05. The largest absolute Gasteiger partial charge is 0.417 e. The minimum Gasteiger partial charge on any atom is -0.378 e. The molecule has 0 aliphatic rings. The van der Waals surface area contributed by atoms with Gasteiger partial charge in [0.2, 0.25) is 5.91 Å². The number of nitrogens with one attached hydrogen (secondary N) is 1. The molecule has 0 radical (unpaired) electrons. The molecule has 0 aliphatic heterocycles. The number of amides is 1. The van der Waals surface area contributed by atoms with Crippen molar-refractivity contribution in [2.45, 2.75) is 32.0 Å². The molecule has 0 atom stereocenters. The molecule has 0 spiro atoms. The highest BCUT2D eigenvalue weighted by Crippen LogP contribution is 2.33. The molecular formula is C14H15F3N2O2. The highest BCUT2D eigenvalue weighted by Gasteiger charge is 2.34. The normalized spacial score (nSPS) is 11.9. The summed E-state index contributed by atoms with van der Waals surface area (Å²) in [5.41, 5.74) is -2.30. The maximum absolute atomic E-state index is 12.8. The van der Waals surface area contributed by atoms with Crippen molar-refractivity contribution in [3.05, 3.63) is 29.3 Å². The minimum atomic E-state index is -4.66. The van der Waals surface area contributed by atoms with Crippen molar-refractivity contribution in [3.8, 4) is 6.07 Å². The van der Waals surface area contributed by atoms with Gasteiger partial charge in [-0.1, -0.05) is 0 Å². The van der Waals surface area contributed by atoms with Gasteiger partial charge < -0.3 is 10.1 Å². The van der Waals surface area contributed by atoms with Crippen LogP contribution in [0.3, 0.4) is 0 Å². The molecule has 4 nitrogen and oxygen atoms in total. The molecule has 0 fully saturated rings. The molecule has 114 valence electrons. The molecule has 0 aromatic heterocycles. The predicted molar refractivity (Wildman–Crippen MR) is 70.5 cm³/mol. The zero-order valence-corrected chi connectivity index (χ0v) is 11.8. The molecule has 0 bridgehead atoms. The third kappa shape index (κ3) is 4.76. The third-order valence-corrected chi connectivity index (χ3v) is 2.87. The van der Waals surface area contributed by atoms with Crippen LogP contribution in [-0.4, -0.2) is 18.6 Å². The fourth-order valence-electron chi connectivity index (χ4n) is 1.62. The van der Waals surface area contributed by atoms with Crippen LogP contribution >= 0.6 is 0 Å². The SMILES string of the molecule is COC(C)(C)CC(=O)Nc1ccc(C#N)c(C(F)(F)F)c1. The highest BCUT2D eigenvalue weighted by molar-refractivity contribution is 5.91. The lowest BCUT2D eigenvalue weighted by Crippen LogP contribution is -2.29. The second-order valence-corrected chi connectivity index (χ2v) is 5.06. The number of nitriles is 1. The Morgan fingerprint density at radius 2 is 2.00 bits per heavy atom. The molecular weight excluding hydrogens is 285 g/mol. The van der Waals surface area contributed by atoms with E-state index < -0.39 is 28.8 Å². The Morgan fingerprint density at radius 3 is 2.48 bits per heavy atom. The van der Waals surface area contributed by atoms with Crippen molar-refractivity contribution in [1.29, 1.82) is 5.26 Å². The van der Waals surface area contributed by atoms with Crippen molar-refractivity contribution in [3.63, 3.8) is 0 Å². The standard InChI is InChI=1S/C14H15F3N2O2/c1-13(2,21-3)7-12(20)19-10-5-4-9(8-18)11(6-10)14(15,16)17/h4-6H,7H2,1-3H3,(H,19,20). The number of hydrogen-bond donors (Lipinski definition) is 1. The van der Waals surface area contributed by atoms with E-state index in [0.717, 1.165) is 12.1 Å². The molecule has 1 rings (SSSR count). The van der Waals surface area contributed by atoms with Gasteiger partial charge >= 0.3 is 6.18 Å². The molecule has 0 saturated carbocycles. The molecule has 0 saturated heterocycles. The number of alkyl halides is 3. The van der Waals surface area contributed by atoms with Crippen molar-refractivity contribution < 1.29 is 22.7 Å². The van der Waals surface area contributed by atoms with Crippen LogP contribution in [-0.2, 0) is 15.7 Å². The van der Waals surface area contributed by atoms with E-state index in [9.17, 15) is 18.0 Å². The van der Waals surface area contributed by atoms with Crippen LogP contribution in [0.4, 0.5) is 18.9 Å². The number of halogens is 3. The maximum Gasteiger partial charge on any atom is 0.417 e. The molecule has 1 aromatic rings. The van der Waals surface area contributed by atoms with Gasteiger partial charge in [0.1, 0.15) is 0 Å². The number of methoxy groups -OCH3 is 1. The summed E-state index contributed by atoms with van der Waals surface area (Å²) in [7, 11) is 1.44. The van der Waals surface area contributed by atoms with Crippen molar-refractivity contribution in [1.82, 2.24) is 0 Å². The molecule has 0 heterocycles. The van der Waals surface area contributed by atoms with E-state index in [1.165, 1.54) is 19.2 Å². The Labute approximate surface area is 120 Å². The van der Waals surface area contributed by atoms with Gasteiger partial charge in [-0.3, -0.25) is 4.79 Å². The second-order valence-electron chi connectivity index (χ2n) is 5.06. The van der Waals surface area contributed by atoms with Crippen molar-refractivity contribution in [2.24, 2.45) is 0 Å². The summed E-state index contributed by atoms with van der Waals surface area (Å²) in [5, 5.41) is 11.1. The Kier molecular flexibility index (Phi) is 4.97. The second kappa shape index (κ2) is 6.14. The molecule has 1 N–H and O–H groups in total. The van der Waals surface area contributed by atoms with Crippen LogP contribution in [0.15, 0.2) is 18.2 Å². The molecule has 0 aliphatic carbocycles. The molecule has 1 amide bonds. The van der Waals surface area contributed by atoms with Gasteiger partial charge in [-0.2, -0.15) is 18.4 Å². The summed E-state index contributed by atoms with van der Waals surface area (Å²) in [6.07, 6.45) is -4.66. The zero-order valence-electron chi connectivity index (χ0n) is 11.8. The lowest BCUT2D eigenvalue weighted by Gasteiger charge is -2.22. The van der Waals surface area contributed by atoms with Crippen LogP contribution in [0.5, 0.6) is 0 Å². The first kappa shape index (κ1) is 17.0. The van der Waals surface area contributed by atoms with Gasteiger partial charge in [0.05, 0.1) is 29.2 Å². The van der Waals surface area contributed by atoms with E-state index in [2.05, 4.69) is 5.32 Å². The Balaban J connectivity index is 2.97. The van der Waals surface area contributed by atoms with Crippen LogP contribution < -0.4 is 5.32 Å². The van der Waals surface area contributed by atoms with Gasteiger partial charge in [-0.05, 0) is 32.0 Å². The Bertz CT molecular complexity index is 575. The molecule has 7 heteroatoms. The van der Waals surface area contributed by atoms with Crippen LogP contribution in [0.1, 0.15) is 31.4 Å². The van der Waals surface area contributed by atoms with E-state index in [0.29, 0.717) is 0 Å². The average Bonchev–Trinajstić information content (AvgIpc) is 2.37. The number of hydrogen-bond acceptors (Lipinski definition) is 3. The Hall–Kier alpha value is -2.07. The number of carbonyl (C=O) groups is 1. The fraction of sp³-hybridized carbons (Fsp3) is 0.429. The number of ether oxygens (including phenoxy) is 1.